The normalized spacial score (nSPS) is 21.7. The van der Waals surface area contributed by atoms with E-state index in [2.05, 4.69) is 16.7 Å². The van der Waals surface area contributed by atoms with Crippen molar-refractivity contribution in [2.75, 3.05) is 13.1 Å². The van der Waals surface area contributed by atoms with Crippen LogP contribution in [-0.4, -0.2) is 30.9 Å². The highest BCUT2D eigenvalue weighted by molar-refractivity contribution is 6.30. The molecule has 2 amide bonds. The lowest BCUT2D eigenvalue weighted by Crippen LogP contribution is -2.47. The first-order chi connectivity index (χ1) is 13.5. The van der Waals surface area contributed by atoms with Gasteiger partial charge in [-0.1, -0.05) is 41.9 Å². The minimum atomic E-state index is -0.248. The molecular formula is C22H26ClN3O2. The first kappa shape index (κ1) is 20.4. The van der Waals surface area contributed by atoms with Crippen molar-refractivity contribution in [2.24, 2.45) is 5.73 Å². The van der Waals surface area contributed by atoms with Crippen molar-refractivity contribution in [2.45, 2.75) is 37.1 Å². The molecule has 6 heteroatoms. The molecule has 1 saturated carbocycles. The Kier molecular flexibility index (Phi) is 6.70. The average molecular weight is 400 g/mol. The number of halogens is 1. The number of benzene rings is 2. The van der Waals surface area contributed by atoms with Gasteiger partial charge in [0.25, 0.3) is 5.91 Å². The van der Waals surface area contributed by atoms with Gasteiger partial charge in [-0.2, -0.15) is 0 Å². The maximum absolute atomic E-state index is 12.2. The number of hydrogen-bond donors (Lipinski definition) is 3. The van der Waals surface area contributed by atoms with Crippen LogP contribution >= 0.6 is 11.6 Å². The molecule has 0 bridgehead atoms. The van der Waals surface area contributed by atoms with Crippen LogP contribution in [0.4, 0.5) is 0 Å². The Morgan fingerprint density at radius 3 is 2.43 bits per heavy atom. The zero-order chi connectivity index (χ0) is 20.0. The molecule has 0 radical (unpaired) electrons. The van der Waals surface area contributed by atoms with E-state index >= 15 is 0 Å². The number of carbonyl (C=O) groups excluding carboxylic acids is 2. The Balaban J connectivity index is 1.49. The van der Waals surface area contributed by atoms with Gasteiger partial charge in [0.05, 0.1) is 6.54 Å². The molecule has 0 saturated heterocycles. The maximum Gasteiger partial charge on any atom is 0.251 e. The summed E-state index contributed by atoms with van der Waals surface area (Å²) in [7, 11) is 0. The van der Waals surface area contributed by atoms with Crippen molar-refractivity contribution in [3.8, 4) is 0 Å². The number of nitrogens with one attached hydrogen (secondary N) is 2. The number of hydrogen-bond acceptors (Lipinski definition) is 3. The molecule has 0 spiro atoms. The average Bonchev–Trinajstić information content (AvgIpc) is 2.73. The van der Waals surface area contributed by atoms with E-state index in [1.165, 1.54) is 5.56 Å². The fraction of sp³-hybridized carbons (Fsp3) is 0.364. The van der Waals surface area contributed by atoms with Gasteiger partial charge < -0.3 is 16.4 Å². The monoisotopic (exact) mass is 399 g/mol. The second-order valence-electron chi connectivity index (χ2n) is 7.39. The van der Waals surface area contributed by atoms with Crippen molar-refractivity contribution in [3.05, 3.63) is 70.7 Å². The molecule has 0 aromatic heterocycles. The van der Waals surface area contributed by atoms with Crippen molar-refractivity contribution >= 4 is 23.4 Å². The minimum Gasteiger partial charge on any atom is -0.352 e. The summed E-state index contributed by atoms with van der Waals surface area (Å²) < 4.78 is 0. The standard InChI is InChI=1S/C22H26ClN3O2/c23-18-8-4-7-17(13-18)22(15-24)11-9-19(10-12-22)26-20(27)14-25-21(28)16-5-2-1-3-6-16/h1-8,13,19H,9-12,14-15,24H2,(H,25,28)(H,26,27). The third-order valence-electron chi connectivity index (χ3n) is 5.58. The molecule has 1 aliphatic rings. The molecule has 3 rings (SSSR count). The van der Waals surface area contributed by atoms with Gasteiger partial charge in [0.15, 0.2) is 0 Å². The Labute approximate surface area is 170 Å². The summed E-state index contributed by atoms with van der Waals surface area (Å²) in [4.78, 5) is 24.3. The van der Waals surface area contributed by atoms with E-state index in [0.717, 1.165) is 30.7 Å². The molecule has 5 nitrogen and oxygen atoms in total. The molecule has 0 unspecified atom stereocenters. The molecule has 2 aromatic rings. The second-order valence-corrected chi connectivity index (χ2v) is 7.82. The predicted molar refractivity (Wildman–Crippen MR) is 111 cm³/mol. The predicted octanol–water partition coefficient (Wildman–Crippen LogP) is 3.03. The second kappa shape index (κ2) is 9.22. The summed E-state index contributed by atoms with van der Waals surface area (Å²) in [6, 6.07) is 16.9. The number of nitrogens with two attached hydrogens (primary N) is 1. The minimum absolute atomic E-state index is 0.0272. The smallest absolute Gasteiger partial charge is 0.251 e. The highest BCUT2D eigenvalue weighted by atomic mass is 35.5. The van der Waals surface area contributed by atoms with Crippen LogP contribution in [0.25, 0.3) is 0 Å². The van der Waals surface area contributed by atoms with Gasteiger partial charge in [-0.05, 0) is 55.5 Å². The fourth-order valence-electron chi connectivity index (χ4n) is 3.87. The summed E-state index contributed by atoms with van der Waals surface area (Å²) in [5.74, 6) is -0.417. The van der Waals surface area contributed by atoms with Crippen LogP contribution in [0.5, 0.6) is 0 Å². The lowest BCUT2D eigenvalue weighted by molar-refractivity contribution is -0.121. The summed E-state index contributed by atoms with van der Waals surface area (Å²) in [5, 5.41) is 6.41. The Hall–Kier alpha value is -2.37. The van der Waals surface area contributed by atoms with E-state index in [1.54, 1.807) is 24.3 Å². The van der Waals surface area contributed by atoms with Crippen LogP contribution in [0, 0.1) is 0 Å². The fourth-order valence-corrected chi connectivity index (χ4v) is 4.06. The lowest BCUT2D eigenvalue weighted by atomic mass is 9.68. The first-order valence-corrected chi connectivity index (χ1v) is 9.99. The molecule has 1 fully saturated rings. The van der Waals surface area contributed by atoms with E-state index in [4.69, 9.17) is 17.3 Å². The third kappa shape index (κ3) is 4.91. The molecule has 2 aromatic carbocycles. The SMILES string of the molecule is NCC1(c2cccc(Cl)c2)CCC(NC(=O)CNC(=O)c2ccccc2)CC1. The van der Waals surface area contributed by atoms with Crippen LogP contribution in [0.3, 0.4) is 0 Å². The zero-order valence-corrected chi connectivity index (χ0v) is 16.5. The van der Waals surface area contributed by atoms with E-state index in [-0.39, 0.29) is 29.8 Å². The van der Waals surface area contributed by atoms with Gasteiger partial charge in [0.1, 0.15) is 0 Å². The Bertz CT molecular complexity index is 818. The molecule has 0 heterocycles. The quantitative estimate of drug-likeness (QED) is 0.698. The first-order valence-electron chi connectivity index (χ1n) is 9.61. The molecule has 148 valence electrons. The molecule has 1 aliphatic carbocycles. The van der Waals surface area contributed by atoms with E-state index in [0.29, 0.717) is 12.1 Å². The van der Waals surface area contributed by atoms with Gasteiger partial charge in [0.2, 0.25) is 5.91 Å². The Morgan fingerprint density at radius 2 is 1.79 bits per heavy atom. The number of amides is 2. The zero-order valence-electron chi connectivity index (χ0n) is 15.8. The van der Waals surface area contributed by atoms with E-state index < -0.39 is 0 Å². The molecular weight excluding hydrogens is 374 g/mol. The lowest BCUT2D eigenvalue weighted by Gasteiger charge is -2.40. The van der Waals surface area contributed by atoms with Crippen molar-refractivity contribution < 1.29 is 9.59 Å². The highest BCUT2D eigenvalue weighted by Crippen LogP contribution is 2.39. The molecule has 4 N–H and O–H groups in total. The number of rotatable bonds is 6. The molecule has 28 heavy (non-hydrogen) atoms. The number of carbonyl (C=O) groups is 2. The van der Waals surface area contributed by atoms with Crippen LogP contribution in [-0.2, 0) is 10.2 Å². The Morgan fingerprint density at radius 1 is 1.07 bits per heavy atom. The maximum atomic E-state index is 12.2. The summed E-state index contributed by atoms with van der Waals surface area (Å²) >= 11 is 6.15. The topological polar surface area (TPSA) is 84.2 Å². The van der Waals surface area contributed by atoms with Crippen LogP contribution in [0.1, 0.15) is 41.6 Å². The van der Waals surface area contributed by atoms with Gasteiger partial charge in [0, 0.05) is 28.6 Å². The van der Waals surface area contributed by atoms with Gasteiger partial charge >= 0.3 is 0 Å². The molecule has 0 atom stereocenters. The van der Waals surface area contributed by atoms with E-state index in [9.17, 15) is 9.59 Å². The van der Waals surface area contributed by atoms with Crippen molar-refractivity contribution in [3.63, 3.8) is 0 Å². The van der Waals surface area contributed by atoms with Crippen molar-refractivity contribution in [1.29, 1.82) is 0 Å². The van der Waals surface area contributed by atoms with Crippen LogP contribution in [0.15, 0.2) is 54.6 Å². The largest absolute Gasteiger partial charge is 0.352 e. The van der Waals surface area contributed by atoms with Crippen LogP contribution in [0.2, 0.25) is 5.02 Å². The van der Waals surface area contributed by atoms with Gasteiger partial charge in [-0.15, -0.1) is 0 Å². The van der Waals surface area contributed by atoms with E-state index in [1.807, 2.05) is 24.3 Å². The van der Waals surface area contributed by atoms with Crippen molar-refractivity contribution in [1.82, 2.24) is 10.6 Å². The third-order valence-corrected chi connectivity index (χ3v) is 5.82. The van der Waals surface area contributed by atoms with Gasteiger partial charge in [-0.25, -0.2) is 0 Å². The highest BCUT2D eigenvalue weighted by Gasteiger charge is 2.36. The van der Waals surface area contributed by atoms with Crippen LogP contribution < -0.4 is 16.4 Å². The summed E-state index contributed by atoms with van der Waals surface area (Å²) in [6.45, 7) is 0.529. The summed E-state index contributed by atoms with van der Waals surface area (Å²) in [5.41, 5.74) is 7.75. The van der Waals surface area contributed by atoms with Gasteiger partial charge in [-0.3, -0.25) is 9.59 Å². The molecule has 0 aliphatic heterocycles. The summed E-state index contributed by atoms with van der Waals surface area (Å²) in [6.07, 6.45) is 3.49.